The molecule has 0 bridgehead atoms. The number of carbonyl (C=O) groups is 2. The highest BCUT2D eigenvalue weighted by molar-refractivity contribution is 5.81. The average molecular weight is 696 g/mol. The van der Waals surface area contributed by atoms with Crippen molar-refractivity contribution in [2.75, 3.05) is 26.7 Å². The number of amides is 2. The molecule has 0 radical (unpaired) electrons. The molecule has 0 saturated carbocycles. The molecular formula is C41H49N3O7. The molecule has 6 unspecified atom stereocenters. The number of hydrogen-bond acceptors (Lipinski definition) is 8. The van der Waals surface area contributed by atoms with Crippen molar-refractivity contribution in [1.29, 1.82) is 0 Å². The molecule has 1 aliphatic heterocycles. The minimum absolute atomic E-state index is 0.0158. The summed E-state index contributed by atoms with van der Waals surface area (Å²) in [6.45, 7) is 6.72. The van der Waals surface area contributed by atoms with Gasteiger partial charge in [-0.3, -0.25) is 9.69 Å². The van der Waals surface area contributed by atoms with Gasteiger partial charge in [-0.1, -0.05) is 110 Å². The predicted molar refractivity (Wildman–Crippen MR) is 195 cm³/mol. The van der Waals surface area contributed by atoms with Crippen molar-refractivity contribution < 1.29 is 34.0 Å². The van der Waals surface area contributed by atoms with Crippen molar-refractivity contribution in [3.8, 4) is 11.1 Å². The van der Waals surface area contributed by atoms with Gasteiger partial charge in [-0.25, -0.2) is 4.79 Å². The highest BCUT2D eigenvalue weighted by Crippen LogP contribution is 2.42. The third-order valence-corrected chi connectivity index (χ3v) is 9.53. The van der Waals surface area contributed by atoms with Crippen LogP contribution in [0.1, 0.15) is 67.1 Å². The molecule has 10 heteroatoms. The van der Waals surface area contributed by atoms with Gasteiger partial charge in [-0.2, -0.15) is 0 Å². The third kappa shape index (κ3) is 9.81. The molecule has 0 aromatic heterocycles. The summed E-state index contributed by atoms with van der Waals surface area (Å²) in [6.07, 6.45) is -1.80. The van der Waals surface area contributed by atoms with Crippen LogP contribution in [0.4, 0.5) is 4.79 Å². The number of carbonyl (C=O) groups excluding carboxylic acids is 2. The quantitative estimate of drug-likeness (QED) is 0.117. The summed E-state index contributed by atoms with van der Waals surface area (Å²) in [7, 11) is 2.01. The zero-order valence-corrected chi connectivity index (χ0v) is 29.7. The SMILES string of the molecule is CCOC(=O)CNC(=O)NCc1ccccc1-c1ccc(C2OC(CN(C)C(C)C(O)c3ccccc3)C(C)C(c3ccc(CO)cc3)O2)cc1. The maximum absolute atomic E-state index is 12.3. The largest absolute Gasteiger partial charge is 0.465 e. The maximum Gasteiger partial charge on any atom is 0.325 e. The van der Waals surface area contributed by atoms with Crippen molar-refractivity contribution in [1.82, 2.24) is 15.5 Å². The van der Waals surface area contributed by atoms with E-state index in [4.69, 9.17) is 14.2 Å². The molecule has 4 N–H and O–H groups in total. The second-order valence-corrected chi connectivity index (χ2v) is 13.0. The molecule has 4 aromatic carbocycles. The Labute approximate surface area is 300 Å². The second kappa shape index (κ2) is 18.1. The lowest BCUT2D eigenvalue weighted by atomic mass is 9.89. The Morgan fingerprint density at radius 2 is 1.55 bits per heavy atom. The van der Waals surface area contributed by atoms with Crippen molar-refractivity contribution >= 4 is 12.0 Å². The van der Waals surface area contributed by atoms with Crippen molar-refractivity contribution in [2.24, 2.45) is 5.92 Å². The van der Waals surface area contributed by atoms with E-state index >= 15 is 0 Å². The van der Waals surface area contributed by atoms with E-state index in [-0.39, 0.29) is 50.5 Å². The van der Waals surface area contributed by atoms with Crippen molar-refractivity contribution in [2.45, 2.75) is 64.6 Å². The molecule has 1 fully saturated rings. The van der Waals surface area contributed by atoms with Crippen molar-refractivity contribution in [3.63, 3.8) is 0 Å². The van der Waals surface area contributed by atoms with Gasteiger partial charge in [0.25, 0.3) is 0 Å². The third-order valence-electron chi connectivity index (χ3n) is 9.53. The fourth-order valence-corrected chi connectivity index (χ4v) is 6.33. The zero-order valence-electron chi connectivity index (χ0n) is 29.7. The fraction of sp³-hybridized carbons (Fsp3) is 0.366. The molecule has 5 rings (SSSR count). The first-order valence-electron chi connectivity index (χ1n) is 17.5. The first kappa shape index (κ1) is 37.7. The van der Waals surface area contributed by atoms with Gasteiger partial charge in [-0.05, 0) is 54.3 Å². The molecule has 2 amide bonds. The smallest absolute Gasteiger partial charge is 0.325 e. The van der Waals surface area contributed by atoms with Crippen LogP contribution in [0.15, 0.2) is 103 Å². The van der Waals surface area contributed by atoms with Crippen molar-refractivity contribution in [3.05, 3.63) is 131 Å². The number of aliphatic hydroxyl groups excluding tert-OH is 2. The molecule has 4 aromatic rings. The number of nitrogens with zero attached hydrogens (tertiary/aromatic N) is 1. The molecule has 51 heavy (non-hydrogen) atoms. The standard InChI is InChI=1S/C41H49N3O7/c1-5-49-37(46)24-43-41(48)42-23-34-13-9-10-14-35(34)30-19-21-33(22-20-30)40-50-36(25-44(4)28(3)38(47)31-11-7-6-8-12-31)27(2)39(51-40)32-17-15-29(26-45)16-18-32/h6-22,27-28,36,38-40,45,47H,5,23-26H2,1-4H3,(H2,42,43,48). The number of esters is 1. The van der Waals surface area contributed by atoms with E-state index in [1.54, 1.807) is 6.92 Å². The molecule has 0 spiro atoms. The van der Waals surface area contributed by atoms with E-state index in [0.29, 0.717) is 6.54 Å². The van der Waals surface area contributed by atoms with Crippen LogP contribution >= 0.6 is 0 Å². The molecule has 270 valence electrons. The summed E-state index contributed by atoms with van der Waals surface area (Å²) in [6, 6.07) is 32.8. The normalized spacial score (nSPS) is 20.0. The summed E-state index contributed by atoms with van der Waals surface area (Å²) in [4.78, 5) is 26.1. The van der Waals surface area contributed by atoms with Gasteiger partial charge in [0.1, 0.15) is 6.54 Å². The molecule has 1 heterocycles. The van der Waals surface area contributed by atoms with Crippen LogP contribution in [0.2, 0.25) is 0 Å². The minimum Gasteiger partial charge on any atom is -0.465 e. The average Bonchev–Trinajstić information content (AvgIpc) is 3.17. The Morgan fingerprint density at radius 1 is 0.882 bits per heavy atom. The molecule has 1 aliphatic rings. The highest BCUT2D eigenvalue weighted by Gasteiger charge is 2.39. The van der Waals surface area contributed by atoms with E-state index < -0.39 is 24.4 Å². The molecule has 6 atom stereocenters. The van der Waals surface area contributed by atoms with Gasteiger partial charge in [0.15, 0.2) is 6.29 Å². The molecular weight excluding hydrogens is 646 g/mol. The van der Waals surface area contributed by atoms with Gasteiger partial charge in [0.2, 0.25) is 0 Å². The van der Waals surface area contributed by atoms with E-state index in [2.05, 4.69) is 22.5 Å². The monoisotopic (exact) mass is 695 g/mol. The Morgan fingerprint density at radius 3 is 2.24 bits per heavy atom. The Hall–Kier alpha value is -4.58. The summed E-state index contributed by atoms with van der Waals surface area (Å²) in [5.41, 5.74) is 6.40. The summed E-state index contributed by atoms with van der Waals surface area (Å²) in [5.74, 6) is -0.507. The number of nitrogens with one attached hydrogen (secondary N) is 2. The number of aliphatic hydroxyl groups is 2. The van der Waals surface area contributed by atoms with Gasteiger partial charge in [0.05, 0.1) is 31.5 Å². The molecule has 1 saturated heterocycles. The number of benzene rings is 4. The van der Waals surface area contributed by atoms with Gasteiger partial charge >= 0.3 is 12.0 Å². The first-order valence-corrected chi connectivity index (χ1v) is 17.5. The highest BCUT2D eigenvalue weighted by atomic mass is 16.7. The minimum atomic E-state index is -0.659. The topological polar surface area (TPSA) is 130 Å². The van der Waals surface area contributed by atoms with Crippen LogP contribution in [0.5, 0.6) is 0 Å². The van der Waals surface area contributed by atoms with E-state index in [9.17, 15) is 19.8 Å². The Bertz CT molecular complexity index is 1700. The second-order valence-electron chi connectivity index (χ2n) is 13.0. The van der Waals surface area contributed by atoms with Crippen LogP contribution in [-0.4, -0.2) is 66.0 Å². The van der Waals surface area contributed by atoms with Crippen LogP contribution in [0, 0.1) is 5.92 Å². The summed E-state index contributed by atoms with van der Waals surface area (Å²) < 4.78 is 18.3. The van der Waals surface area contributed by atoms with E-state index in [1.165, 1.54) is 0 Å². The van der Waals surface area contributed by atoms with E-state index in [1.807, 2.05) is 117 Å². The number of likely N-dealkylation sites (N-methyl/N-ethyl adjacent to an activating group) is 1. The van der Waals surface area contributed by atoms with Gasteiger partial charge in [0, 0.05) is 30.6 Å². The van der Waals surface area contributed by atoms with Crippen LogP contribution in [0.3, 0.4) is 0 Å². The summed E-state index contributed by atoms with van der Waals surface area (Å²) in [5, 5.41) is 26.1. The predicted octanol–water partition coefficient (Wildman–Crippen LogP) is 6.05. The number of rotatable bonds is 14. The van der Waals surface area contributed by atoms with Crippen LogP contribution in [-0.2, 0) is 32.2 Å². The lowest BCUT2D eigenvalue weighted by Gasteiger charge is -2.43. The number of ether oxygens (including phenoxy) is 3. The van der Waals surface area contributed by atoms with Crippen LogP contribution < -0.4 is 10.6 Å². The van der Waals surface area contributed by atoms with E-state index in [0.717, 1.165) is 38.9 Å². The van der Waals surface area contributed by atoms with Gasteiger partial charge < -0.3 is 35.1 Å². The molecule has 0 aliphatic carbocycles. The Kier molecular flexibility index (Phi) is 13.3. The zero-order chi connectivity index (χ0) is 36.3. The summed E-state index contributed by atoms with van der Waals surface area (Å²) >= 11 is 0. The molecule has 10 nitrogen and oxygen atoms in total. The van der Waals surface area contributed by atoms with Crippen LogP contribution in [0.25, 0.3) is 11.1 Å². The first-order chi connectivity index (χ1) is 24.7. The number of urea groups is 1. The van der Waals surface area contributed by atoms with Gasteiger partial charge in [-0.15, -0.1) is 0 Å². The fourth-order valence-electron chi connectivity index (χ4n) is 6.33. The maximum atomic E-state index is 12.3. The number of hydrogen-bond donors (Lipinski definition) is 4. The Balaban J connectivity index is 1.33. The lowest BCUT2D eigenvalue weighted by molar-refractivity contribution is -0.276. The lowest BCUT2D eigenvalue weighted by Crippen LogP contribution is -2.46.